The van der Waals surface area contributed by atoms with Crippen LogP contribution in [0.25, 0.3) is 10.9 Å². The smallest absolute Gasteiger partial charge is 0.261 e. The van der Waals surface area contributed by atoms with Crippen molar-refractivity contribution in [3.8, 4) is 0 Å². The van der Waals surface area contributed by atoms with E-state index in [1.807, 2.05) is 19.9 Å². The summed E-state index contributed by atoms with van der Waals surface area (Å²) in [6.45, 7) is 6.99. The number of furan rings is 1. The molecule has 0 saturated carbocycles. The van der Waals surface area contributed by atoms with Gasteiger partial charge in [0.2, 0.25) is 0 Å². The first-order valence-corrected chi connectivity index (χ1v) is 13.3. The third-order valence-electron chi connectivity index (χ3n) is 7.70. The first-order chi connectivity index (χ1) is 18.5. The molecule has 1 aromatic carbocycles. The first kappa shape index (κ1) is 24.4. The van der Waals surface area contributed by atoms with Crippen molar-refractivity contribution in [2.75, 3.05) is 31.2 Å². The summed E-state index contributed by atoms with van der Waals surface area (Å²) in [5.74, 6) is 1.18. The molecule has 0 spiro atoms. The number of pyridine rings is 2. The van der Waals surface area contributed by atoms with Gasteiger partial charge >= 0.3 is 0 Å². The Labute approximate surface area is 221 Å². The fourth-order valence-corrected chi connectivity index (χ4v) is 5.50. The summed E-state index contributed by atoms with van der Waals surface area (Å²) < 4.78 is 11.2. The third kappa shape index (κ3) is 4.72. The summed E-state index contributed by atoms with van der Waals surface area (Å²) in [5.41, 5.74) is 6.04. The van der Waals surface area contributed by atoms with Crippen LogP contribution < -0.4 is 10.5 Å². The van der Waals surface area contributed by atoms with Gasteiger partial charge in [0.25, 0.3) is 11.5 Å². The van der Waals surface area contributed by atoms with Crippen molar-refractivity contribution >= 4 is 22.6 Å². The standard InChI is InChI=1S/C30H32N4O4/c1-19-13-26(29(35)31-20(19)2)30(36)34(18-25-7-4-10-38-25)17-24-15-23-14-21-5-3-6-22(21)16-27(23)32-28(24)33-8-11-37-12-9-33/h4,7,10,13-16H,3,5-6,8-9,11-12,17-18H2,1-2H3,(H,31,35). The van der Waals surface area contributed by atoms with Crippen molar-refractivity contribution in [1.82, 2.24) is 14.9 Å². The summed E-state index contributed by atoms with van der Waals surface area (Å²) in [7, 11) is 0. The van der Waals surface area contributed by atoms with E-state index in [1.54, 1.807) is 23.3 Å². The number of nitrogens with zero attached hydrogens (tertiary/aromatic N) is 3. The molecule has 4 heterocycles. The predicted octanol–water partition coefficient (Wildman–Crippen LogP) is 4.30. The Hall–Kier alpha value is -3.91. The van der Waals surface area contributed by atoms with Crippen LogP contribution in [-0.4, -0.2) is 47.1 Å². The molecule has 1 N–H and O–H groups in total. The average molecular weight is 513 g/mol. The van der Waals surface area contributed by atoms with Gasteiger partial charge in [-0.1, -0.05) is 0 Å². The molecular weight excluding hydrogens is 480 g/mol. The minimum atomic E-state index is -0.386. The topological polar surface area (TPSA) is 91.7 Å². The number of H-pyrrole nitrogens is 1. The van der Waals surface area contributed by atoms with Crippen LogP contribution in [-0.2, 0) is 30.7 Å². The maximum Gasteiger partial charge on any atom is 0.261 e. The number of aromatic amines is 1. The summed E-state index contributed by atoms with van der Waals surface area (Å²) in [6.07, 6.45) is 4.95. The number of benzene rings is 1. The van der Waals surface area contributed by atoms with E-state index in [9.17, 15) is 9.59 Å². The molecule has 0 atom stereocenters. The van der Waals surface area contributed by atoms with E-state index < -0.39 is 0 Å². The number of morpholine rings is 1. The van der Waals surface area contributed by atoms with Gasteiger partial charge in [0.1, 0.15) is 17.1 Å². The zero-order chi connectivity index (χ0) is 26.2. The van der Waals surface area contributed by atoms with Crippen LogP contribution >= 0.6 is 0 Å². The minimum Gasteiger partial charge on any atom is -0.467 e. The van der Waals surface area contributed by atoms with Crippen LogP contribution in [0.15, 0.2) is 51.9 Å². The second-order valence-corrected chi connectivity index (χ2v) is 10.3. The van der Waals surface area contributed by atoms with Crippen molar-refractivity contribution in [3.05, 3.63) is 92.3 Å². The maximum absolute atomic E-state index is 13.9. The summed E-state index contributed by atoms with van der Waals surface area (Å²) in [5, 5.41) is 1.08. The molecule has 2 aliphatic rings. The number of rotatable bonds is 6. The van der Waals surface area contributed by atoms with Gasteiger partial charge < -0.3 is 23.9 Å². The van der Waals surface area contributed by atoms with E-state index in [0.717, 1.165) is 59.5 Å². The Morgan fingerprint density at radius 2 is 1.87 bits per heavy atom. The van der Waals surface area contributed by atoms with Gasteiger partial charge in [-0.25, -0.2) is 4.98 Å². The van der Waals surface area contributed by atoms with E-state index in [4.69, 9.17) is 14.1 Å². The molecule has 38 heavy (non-hydrogen) atoms. The molecule has 196 valence electrons. The van der Waals surface area contributed by atoms with E-state index in [2.05, 4.69) is 28.1 Å². The molecule has 0 radical (unpaired) electrons. The van der Waals surface area contributed by atoms with Crippen molar-refractivity contribution in [3.63, 3.8) is 0 Å². The highest BCUT2D eigenvalue weighted by Gasteiger charge is 2.25. The molecule has 1 fully saturated rings. The fraction of sp³-hybridized carbons (Fsp3) is 0.367. The van der Waals surface area contributed by atoms with Gasteiger partial charge in [-0.3, -0.25) is 9.59 Å². The average Bonchev–Trinajstić information content (AvgIpc) is 3.60. The number of aromatic nitrogens is 2. The Bertz CT molecular complexity index is 1550. The molecule has 4 aromatic rings. The molecule has 3 aromatic heterocycles. The van der Waals surface area contributed by atoms with E-state index in [0.29, 0.717) is 25.5 Å². The molecule has 1 saturated heterocycles. The lowest BCUT2D eigenvalue weighted by atomic mass is 10.0. The van der Waals surface area contributed by atoms with Crippen LogP contribution in [0.2, 0.25) is 0 Å². The molecule has 1 aliphatic carbocycles. The zero-order valence-corrected chi connectivity index (χ0v) is 21.9. The van der Waals surface area contributed by atoms with Crippen LogP contribution in [0.4, 0.5) is 5.82 Å². The van der Waals surface area contributed by atoms with Gasteiger partial charge in [-0.15, -0.1) is 0 Å². The Morgan fingerprint density at radius 3 is 2.63 bits per heavy atom. The fourth-order valence-electron chi connectivity index (χ4n) is 5.50. The molecular formula is C30H32N4O4. The first-order valence-electron chi connectivity index (χ1n) is 13.3. The van der Waals surface area contributed by atoms with Gasteiger partial charge in [0, 0.05) is 29.7 Å². The number of ether oxygens (including phenoxy) is 1. The van der Waals surface area contributed by atoms with Gasteiger partial charge in [0.05, 0.1) is 38.1 Å². The van der Waals surface area contributed by atoms with Crippen molar-refractivity contribution in [2.45, 2.75) is 46.2 Å². The van der Waals surface area contributed by atoms with E-state index in [1.165, 1.54) is 17.5 Å². The second-order valence-electron chi connectivity index (χ2n) is 10.3. The lowest BCUT2D eigenvalue weighted by Crippen LogP contribution is -2.39. The number of nitrogens with one attached hydrogen (secondary N) is 1. The van der Waals surface area contributed by atoms with E-state index in [-0.39, 0.29) is 23.6 Å². The monoisotopic (exact) mass is 512 g/mol. The van der Waals surface area contributed by atoms with E-state index >= 15 is 0 Å². The number of anilines is 1. The Kier molecular flexibility index (Phi) is 6.49. The molecule has 1 amide bonds. The van der Waals surface area contributed by atoms with Gasteiger partial charge in [-0.05, 0) is 86.2 Å². The highest BCUT2D eigenvalue weighted by molar-refractivity contribution is 5.94. The largest absolute Gasteiger partial charge is 0.467 e. The van der Waals surface area contributed by atoms with Crippen molar-refractivity contribution < 1.29 is 13.9 Å². The van der Waals surface area contributed by atoms with Gasteiger partial charge in [-0.2, -0.15) is 0 Å². The normalized spacial score (nSPS) is 15.2. The number of aryl methyl sites for hydroxylation is 4. The van der Waals surface area contributed by atoms with Gasteiger partial charge in [0.15, 0.2) is 0 Å². The molecule has 0 unspecified atom stereocenters. The highest BCUT2D eigenvalue weighted by Crippen LogP contribution is 2.31. The Morgan fingerprint density at radius 1 is 1.08 bits per heavy atom. The maximum atomic E-state index is 13.9. The minimum absolute atomic E-state index is 0.124. The van der Waals surface area contributed by atoms with Crippen LogP contribution in [0.5, 0.6) is 0 Å². The molecule has 0 bridgehead atoms. The number of carbonyl (C=O) groups excluding carboxylic acids is 1. The second kappa shape index (κ2) is 10.1. The molecule has 8 nitrogen and oxygen atoms in total. The van der Waals surface area contributed by atoms with Crippen molar-refractivity contribution in [2.24, 2.45) is 0 Å². The van der Waals surface area contributed by atoms with Crippen LogP contribution in [0.1, 0.15) is 50.5 Å². The summed E-state index contributed by atoms with van der Waals surface area (Å²) in [6, 6.07) is 12.0. The number of hydrogen-bond donors (Lipinski definition) is 1. The SMILES string of the molecule is Cc1cc(C(=O)N(Cc2ccco2)Cc2cc3cc4c(cc3nc2N2CCOCC2)CCC4)c(=O)[nH]c1C. The summed E-state index contributed by atoms with van der Waals surface area (Å²) >= 11 is 0. The van der Waals surface area contributed by atoms with Crippen LogP contribution in [0.3, 0.4) is 0 Å². The number of carbonyl (C=O) groups is 1. The van der Waals surface area contributed by atoms with Crippen molar-refractivity contribution in [1.29, 1.82) is 0 Å². The third-order valence-corrected chi connectivity index (χ3v) is 7.70. The lowest BCUT2D eigenvalue weighted by molar-refractivity contribution is 0.0715. The molecule has 1 aliphatic heterocycles. The lowest BCUT2D eigenvalue weighted by Gasteiger charge is -2.31. The molecule has 8 heteroatoms. The zero-order valence-electron chi connectivity index (χ0n) is 21.9. The summed E-state index contributed by atoms with van der Waals surface area (Å²) in [4.78, 5) is 38.6. The Balaban J connectivity index is 1.44. The predicted molar refractivity (Wildman–Crippen MR) is 146 cm³/mol. The highest BCUT2D eigenvalue weighted by atomic mass is 16.5. The quantitative estimate of drug-likeness (QED) is 0.414. The van der Waals surface area contributed by atoms with Crippen LogP contribution in [0, 0.1) is 13.8 Å². The number of fused-ring (bicyclic) bond motifs is 2. The number of hydrogen-bond acceptors (Lipinski definition) is 6. The number of amides is 1. The molecule has 6 rings (SSSR count).